The molecule has 0 fully saturated rings. The normalized spacial score (nSPS) is 10.8. The zero-order chi connectivity index (χ0) is 15.4. The van der Waals surface area contributed by atoms with Gasteiger partial charge in [-0.05, 0) is 48.0 Å². The molecule has 0 atom stereocenters. The number of aromatic nitrogens is 1. The van der Waals surface area contributed by atoms with E-state index < -0.39 is 5.97 Å². The number of ether oxygens (including phenoxy) is 1. The number of carboxylic acid groups (broad SMARTS) is 1. The lowest BCUT2D eigenvalue weighted by atomic mass is 10.1. The van der Waals surface area contributed by atoms with Crippen molar-refractivity contribution in [1.29, 1.82) is 0 Å². The molecule has 1 aromatic heterocycles. The summed E-state index contributed by atoms with van der Waals surface area (Å²) in [5.41, 5.74) is 1.71. The van der Waals surface area contributed by atoms with E-state index in [2.05, 4.69) is 0 Å². The summed E-state index contributed by atoms with van der Waals surface area (Å²) >= 11 is 0. The average molecular weight is 285 g/mol. The Morgan fingerprint density at radius 2 is 1.86 bits per heavy atom. The van der Waals surface area contributed by atoms with Crippen molar-refractivity contribution in [2.24, 2.45) is 7.05 Å². The summed E-state index contributed by atoms with van der Waals surface area (Å²) in [4.78, 5) is 22.7. The minimum Gasteiger partial charge on any atom is -0.497 e. The number of benzene rings is 1. The lowest BCUT2D eigenvalue weighted by molar-refractivity contribution is -0.131. The molecule has 0 aliphatic rings. The molecule has 0 aliphatic carbocycles. The van der Waals surface area contributed by atoms with Crippen LogP contribution in [-0.4, -0.2) is 22.8 Å². The molecule has 5 nitrogen and oxygen atoms in total. The van der Waals surface area contributed by atoms with Gasteiger partial charge in [-0.25, -0.2) is 4.79 Å². The van der Waals surface area contributed by atoms with Gasteiger partial charge in [0, 0.05) is 18.7 Å². The van der Waals surface area contributed by atoms with Crippen LogP contribution >= 0.6 is 0 Å². The number of methoxy groups -OCH3 is 1. The van der Waals surface area contributed by atoms with Gasteiger partial charge in [0.25, 0.3) is 5.56 Å². The van der Waals surface area contributed by atoms with Crippen LogP contribution in [0.25, 0.3) is 17.3 Å². The van der Waals surface area contributed by atoms with E-state index in [-0.39, 0.29) is 5.56 Å². The summed E-state index contributed by atoms with van der Waals surface area (Å²) < 4.78 is 6.59. The molecule has 0 bridgehead atoms. The SMILES string of the molecule is COc1ccc(-c2ccc(/C=C/C(=O)O)c(=O)n2C)cc1. The predicted octanol–water partition coefficient (Wildman–Crippen LogP) is 2.16. The first-order chi connectivity index (χ1) is 10.0. The molecule has 0 saturated heterocycles. The Kier molecular flexibility index (Phi) is 4.23. The van der Waals surface area contributed by atoms with Crippen molar-refractivity contribution in [3.63, 3.8) is 0 Å². The Hall–Kier alpha value is -2.82. The highest BCUT2D eigenvalue weighted by atomic mass is 16.5. The Morgan fingerprint density at radius 3 is 2.43 bits per heavy atom. The van der Waals surface area contributed by atoms with Crippen molar-refractivity contribution in [2.75, 3.05) is 7.11 Å². The van der Waals surface area contributed by atoms with Crippen LogP contribution < -0.4 is 10.3 Å². The first-order valence-corrected chi connectivity index (χ1v) is 6.28. The third-order valence-corrected chi connectivity index (χ3v) is 3.12. The Bertz CT molecular complexity index is 742. The Labute approximate surface area is 121 Å². The van der Waals surface area contributed by atoms with E-state index in [9.17, 15) is 9.59 Å². The molecule has 1 aromatic carbocycles. The average Bonchev–Trinajstić information content (AvgIpc) is 2.49. The van der Waals surface area contributed by atoms with Gasteiger partial charge in [-0.3, -0.25) is 4.79 Å². The molecule has 0 spiro atoms. The fraction of sp³-hybridized carbons (Fsp3) is 0.125. The zero-order valence-corrected chi connectivity index (χ0v) is 11.7. The number of nitrogens with zero attached hydrogens (tertiary/aromatic N) is 1. The van der Waals surface area contributed by atoms with Crippen LogP contribution in [0.3, 0.4) is 0 Å². The fourth-order valence-corrected chi connectivity index (χ4v) is 1.99. The van der Waals surface area contributed by atoms with E-state index in [0.29, 0.717) is 5.56 Å². The van der Waals surface area contributed by atoms with Gasteiger partial charge in [0.15, 0.2) is 0 Å². The number of carboxylic acids is 1. The number of carbonyl (C=O) groups is 1. The summed E-state index contributed by atoms with van der Waals surface area (Å²) in [6.45, 7) is 0. The third kappa shape index (κ3) is 3.20. The molecular formula is C16H15NO4. The highest BCUT2D eigenvalue weighted by Gasteiger charge is 2.06. The van der Waals surface area contributed by atoms with Gasteiger partial charge < -0.3 is 14.4 Å². The molecule has 0 unspecified atom stereocenters. The van der Waals surface area contributed by atoms with Crippen LogP contribution in [0.5, 0.6) is 5.75 Å². The molecule has 1 N–H and O–H groups in total. The van der Waals surface area contributed by atoms with Crippen molar-refractivity contribution in [2.45, 2.75) is 0 Å². The summed E-state index contributed by atoms with van der Waals surface area (Å²) in [6.07, 6.45) is 2.24. The van der Waals surface area contributed by atoms with Crippen LogP contribution in [-0.2, 0) is 11.8 Å². The van der Waals surface area contributed by atoms with Gasteiger partial charge in [-0.15, -0.1) is 0 Å². The van der Waals surface area contributed by atoms with E-state index in [4.69, 9.17) is 9.84 Å². The molecule has 2 aromatic rings. The number of hydrogen-bond donors (Lipinski definition) is 1. The van der Waals surface area contributed by atoms with Crippen LogP contribution in [0.4, 0.5) is 0 Å². The minimum absolute atomic E-state index is 0.249. The molecule has 108 valence electrons. The molecular weight excluding hydrogens is 270 g/mol. The molecule has 1 heterocycles. The smallest absolute Gasteiger partial charge is 0.328 e. The van der Waals surface area contributed by atoms with Gasteiger partial charge in [-0.1, -0.05) is 0 Å². The van der Waals surface area contributed by atoms with Crippen LogP contribution in [0.2, 0.25) is 0 Å². The molecule has 2 rings (SSSR count). The first-order valence-electron chi connectivity index (χ1n) is 6.28. The number of aliphatic carboxylic acids is 1. The standard InChI is InChI=1S/C16H15NO4/c1-17-14(11-3-7-13(21-2)8-4-11)9-5-12(16(17)20)6-10-15(18)19/h3-10H,1-2H3,(H,18,19)/b10-6+. The van der Waals surface area contributed by atoms with Crippen molar-refractivity contribution in [3.05, 3.63) is 58.4 Å². The van der Waals surface area contributed by atoms with E-state index in [1.807, 2.05) is 24.3 Å². The van der Waals surface area contributed by atoms with Gasteiger partial charge in [0.2, 0.25) is 0 Å². The van der Waals surface area contributed by atoms with Crippen molar-refractivity contribution >= 4 is 12.0 Å². The number of hydrogen-bond acceptors (Lipinski definition) is 3. The summed E-state index contributed by atoms with van der Waals surface area (Å²) in [6, 6.07) is 10.8. The van der Waals surface area contributed by atoms with Crippen molar-refractivity contribution in [3.8, 4) is 17.0 Å². The first kappa shape index (κ1) is 14.6. The summed E-state index contributed by atoms with van der Waals surface area (Å²) in [5.74, 6) is -0.346. The van der Waals surface area contributed by atoms with Gasteiger partial charge >= 0.3 is 5.97 Å². The zero-order valence-electron chi connectivity index (χ0n) is 11.7. The molecule has 0 amide bonds. The second-order valence-electron chi connectivity index (χ2n) is 4.44. The van der Waals surface area contributed by atoms with Gasteiger partial charge in [-0.2, -0.15) is 0 Å². The second kappa shape index (κ2) is 6.09. The third-order valence-electron chi connectivity index (χ3n) is 3.12. The maximum atomic E-state index is 12.2. The van der Waals surface area contributed by atoms with E-state index >= 15 is 0 Å². The van der Waals surface area contributed by atoms with E-state index in [1.165, 1.54) is 10.6 Å². The molecule has 5 heteroatoms. The van der Waals surface area contributed by atoms with Gasteiger partial charge in [0.05, 0.1) is 12.8 Å². The largest absolute Gasteiger partial charge is 0.497 e. The number of rotatable bonds is 4. The van der Waals surface area contributed by atoms with Gasteiger partial charge in [0.1, 0.15) is 5.75 Å². The molecule has 0 aliphatic heterocycles. The summed E-state index contributed by atoms with van der Waals surface area (Å²) in [5, 5.41) is 8.61. The topological polar surface area (TPSA) is 68.5 Å². The molecule has 0 radical (unpaired) electrons. The monoisotopic (exact) mass is 285 g/mol. The van der Waals surface area contributed by atoms with Crippen LogP contribution in [0.15, 0.2) is 47.3 Å². The maximum Gasteiger partial charge on any atom is 0.328 e. The quantitative estimate of drug-likeness (QED) is 0.874. The predicted molar refractivity (Wildman–Crippen MR) is 80.3 cm³/mol. The Morgan fingerprint density at radius 1 is 1.19 bits per heavy atom. The van der Waals surface area contributed by atoms with Crippen molar-refractivity contribution in [1.82, 2.24) is 4.57 Å². The molecule has 0 saturated carbocycles. The lowest BCUT2D eigenvalue weighted by Gasteiger charge is -2.10. The minimum atomic E-state index is -1.09. The van der Waals surface area contributed by atoms with E-state index in [0.717, 1.165) is 23.1 Å². The Balaban J connectivity index is 2.44. The van der Waals surface area contributed by atoms with Crippen LogP contribution in [0, 0.1) is 0 Å². The fourth-order valence-electron chi connectivity index (χ4n) is 1.99. The number of pyridine rings is 1. The van der Waals surface area contributed by atoms with Crippen LogP contribution in [0.1, 0.15) is 5.56 Å². The lowest BCUT2D eigenvalue weighted by Crippen LogP contribution is -2.20. The second-order valence-corrected chi connectivity index (χ2v) is 4.44. The molecule has 21 heavy (non-hydrogen) atoms. The van der Waals surface area contributed by atoms with Crippen molar-refractivity contribution < 1.29 is 14.6 Å². The maximum absolute atomic E-state index is 12.2. The highest BCUT2D eigenvalue weighted by molar-refractivity contribution is 5.85. The highest BCUT2D eigenvalue weighted by Crippen LogP contribution is 2.21. The summed E-state index contributed by atoms with van der Waals surface area (Å²) in [7, 11) is 3.24. The van der Waals surface area contributed by atoms with E-state index in [1.54, 1.807) is 26.3 Å².